The van der Waals surface area contributed by atoms with Gasteiger partial charge in [-0.25, -0.2) is 9.97 Å². The second kappa shape index (κ2) is 10.7. The number of morpholine rings is 1. The van der Waals surface area contributed by atoms with Crippen molar-refractivity contribution in [1.29, 1.82) is 0 Å². The van der Waals surface area contributed by atoms with E-state index in [-0.39, 0.29) is 0 Å². The zero-order valence-electron chi connectivity index (χ0n) is 21.6. The van der Waals surface area contributed by atoms with Gasteiger partial charge in [-0.2, -0.15) is 0 Å². The SMILES string of the molecule is Clc1ccc2nc(N3CCOCC3)c(-c3cc(-c4ccccc4)c4cc(Br)ccc4n3)c(-c3ccccc3)c2c1. The number of hydrogen-bond acceptors (Lipinski definition) is 4. The molecule has 6 heteroatoms. The van der Waals surface area contributed by atoms with Crippen LogP contribution >= 0.6 is 27.5 Å². The van der Waals surface area contributed by atoms with Crippen molar-refractivity contribution in [3.05, 3.63) is 113 Å². The predicted molar refractivity (Wildman–Crippen MR) is 169 cm³/mol. The first kappa shape index (κ1) is 25.2. The summed E-state index contributed by atoms with van der Waals surface area (Å²) in [6, 6.07) is 35.4. The lowest BCUT2D eigenvalue weighted by atomic mass is 9.91. The maximum Gasteiger partial charge on any atom is 0.139 e. The minimum absolute atomic E-state index is 0.662. The summed E-state index contributed by atoms with van der Waals surface area (Å²) in [5.41, 5.74) is 8.16. The Kier molecular flexibility index (Phi) is 6.72. The Morgan fingerprint density at radius 2 is 1.35 bits per heavy atom. The van der Waals surface area contributed by atoms with Crippen LogP contribution in [0.5, 0.6) is 0 Å². The molecule has 6 aromatic rings. The van der Waals surface area contributed by atoms with Crippen LogP contribution in [0.3, 0.4) is 0 Å². The molecule has 1 fully saturated rings. The second-order valence-electron chi connectivity index (χ2n) is 9.89. The van der Waals surface area contributed by atoms with E-state index in [1.54, 1.807) is 0 Å². The molecule has 1 aliphatic heterocycles. The van der Waals surface area contributed by atoms with Crippen molar-refractivity contribution in [2.24, 2.45) is 0 Å². The number of aromatic nitrogens is 2. The molecule has 3 heterocycles. The molecular formula is C34H25BrClN3O. The molecule has 0 atom stereocenters. The van der Waals surface area contributed by atoms with Gasteiger partial charge in [-0.05, 0) is 59.2 Å². The van der Waals surface area contributed by atoms with Crippen molar-refractivity contribution < 1.29 is 4.74 Å². The molecule has 0 unspecified atom stereocenters. The van der Waals surface area contributed by atoms with E-state index in [0.29, 0.717) is 18.2 Å². The highest BCUT2D eigenvalue weighted by atomic mass is 79.9. The Morgan fingerprint density at radius 1 is 0.675 bits per heavy atom. The van der Waals surface area contributed by atoms with E-state index in [0.717, 1.165) is 78.7 Å². The largest absolute Gasteiger partial charge is 0.378 e. The van der Waals surface area contributed by atoms with Gasteiger partial charge in [0.15, 0.2) is 0 Å². The van der Waals surface area contributed by atoms with Gasteiger partial charge in [0.2, 0.25) is 0 Å². The molecule has 0 amide bonds. The third-order valence-electron chi connectivity index (χ3n) is 7.41. The zero-order valence-corrected chi connectivity index (χ0v) is 24.0. The summed E-state index contributed by atoms with van der Waals surface area (Å²) in [4.78, 5) is 12.9. The van der Waals surface area contributed by atoms with E-state index in [1.165, 1.54) is 0 Å². The topological polar surface area (TPSA) is 38.2 Å². The molecule has 0 bridgehead atoms. The smallest absolute Gasteiger partial charge is 0.139 e. The summed E-state index contributed by atoms with van der Waals surface area (Å²) in [5.74, 6) is 0.917. The first-order valence-electron chi connectivity index (χ1n) is 13.3. The lowest BCUT2D eigenvalue weighted by molar-refractivity contribution is 0.122. The minimum Gasteiger partial charge on any atom is -0.378 e. The average molecular weight is 607 g/mol. The maximum atomic E-state index is 6.59. The van der Waals surface area contributed by atoms with E-state index in [2.05, 4.69) is 87.6 Å². The van der Waals surface area contributed by atoms with Gasteiger partial charge >= 0.3 is 0 Å². The normalized spacial score (nSPS) is 13.7. The number of hydrogen-bond donors (Lipinski definition) is 0. The van der Waals surface area contributed by atoms with Crippen molar-refractivity contribution in [2.75, 3.05) is 31.2 Å². The number of nitrogens with zero attached hydrogens (tertiary/aromatic N) is 3. The van der Waals surface area contributed by atoms with Gasteiger partial charge in [0, 0.05) is 38.9 Å². The van der Waals surface area contributed by atoms with Gasteiger partial charge in [0.05, 0.1) is 35.5 Å². The molecule has 196 valence electrons. The van der Waals surface area contributed by atoms with Crippen LogP contribution in [0, 0.1) is 0 Å². The molecule has 7 rings (SSSR count). The Balaban J connectivity index is 1.62. The average Bonchev–Trinajstić information content (AvgIpc) is 3.01. The lowest BCUT2D eigenvalue weighted by Crippen LogP contribution is -2.37. The first-order valence-corrected chi connectivity index (χ1v) is 14.5. The van der Waals surface area contributed by atoms with Crippen LogP contribution in [-0.4, -0.2) is 36.3 Å². The predicted octanol–water partition coefficient (Wildman–Crippen LogP) is 9.04. The van der Waals surface area contributed by atoms with Crippen LogP contribution in [0.2, 0.25) is 5.02 Å². The number of fused-ring (bicyclic) bond motifs is 2. The third-order valence-corrected chi connectivity index (χ3v) is 8.14. The van der Waals surface area contributed by atoms with Crippen LogP contribution in [0.1, 0.15) is 0 Å². The van der Waals surface area contributed by atoms with Crippen molar-refractivity contribution in [3.8, 4) is 33.5 Å². The molecule has 2 aromatic heterocycles. The van der Waals surface area contributed by atoms with Crippen LogP contribution < -0.4 is 4.90 Å². The van der Waals surface area contributed by atoms with Crippen LogP contribution in [-0.2, 0) is 4.74 Å². The molecule has 0 N–H and O–H groups in total. The molecular weight excluding hydrogens is 582 g/mol. The zero-order chi connectivity index (χ0) is 27.1. The van der Waals surface area contributed by atoms with Crippen molar-refractivity contribution in [3.63, 3.8) is 0 Å². The van der Waals surface area contributed by atoms with Crippen molar-refractivity contribution in [2.45, 2.75) is 0 Å². The monoisotopic (exact) mass is 605 g/mol. The highest BCUT2D eigenvalue weighted by molar-refractivity contribution is 9.10. The lowest BCUT2D eigenvalue weighted by Gasteiger charge is -2.31. The fourth-order valence-electron chi connectivity index (χ4n) is 5.56. The fraction of sp³-hybridized carbons (Fsp3) is 0.118. The summed E-state index contributed by atoms with van der Waals surface area (Å²) >= 11 is 10.3. The number of halogens is 2. The van der Waals surface area contributed by atoms with Gasteiger partial charge in [-0.15, -0.1) is 0 Å². The first-order chi connectivity index (χ1) is 19.7. The Labute approximate surface area is 246 Å². The van der Waals surface area contributed by atoms with E-state index in [9.17, 15) is 0 Å². The summed E-state index contributed by atoms with van der Waals surface area (Å²) in [5, 5.41) is 2.78. The van der Waals surface area contributed by atoms with Gasteiger partial charge in [0.25, 0.3) is 0 Å². The van der Waals surface area contributed by atoms with E-state index < -0.39 is 0 Å². The summed E-state index contributed by atoms with van der Waals surface area (Å²) in [6.45, 7) is 2.85. The number of anilines is 1. The standard InChI is InChI=1S/C34H25BrClN3O/c35-24-11-13-29-27(19-24)26(22-7-3-1-4-8-22)21-31(37-29)33-32(23-9-5-2-6-10-23)28-20-25(36)12-14-30(28)38-34(33)39-15-17-40-18-16-39/h1-14,19-21H,15-18H2. The van der Waals surface area contributed by atoms with Crippen LogP contribution in [0.4, 0.5) is 5.82 Å². The summed E-state index contributed by atoms with van der Waals surface area (Å²) in [6.07, 6.45) is 0. The van der Waals surface area contributed by atoms with Gasteiger partial charge in [-0.1, -0.05) is 88.2 Å². The van der Waals surface area contributed by atoms with Crippen molar-refractivity contribution >= 4 is 55.2 Å². The van der Waals surface area contributed by atoms with Crippen molar-refractivity contribution in [1.82, 2.24) is 9.97 Å². The quantitative estimate of drug-likeness (QED) is 0.201. The highest BCUT2D eigenvalue weighted by Crippen LogP contribution is 2.45. The number of pyridine rings is 2. The Bertz CT molecular complexity index is 1860. The molecule has 0 aliphatic carbocycles. The molecule has 0 saturated carbocycles. The second-order valence-corrected chi connectivity index (χ2v) is 11.2. The van der Waals surface area contributed by atoms with E-state index in [4.69, 9.17) is 26.3 Å². The van der Waals surface area contributed by atoms with Gasteiger partial charge in [-0.3, -0.25) is 0 Å². The molecule has 0 spiro atoms. The third kappa shape index (κ3) is 4.64. The van der Waals surface area contributed by atoms with E-state index >= 15 is 0 Å². The summed E-state index contributed by atoms with van der Waals surface area (Å²) < 4.78 is 6.74. The van der Waals surface area contributed by atoms with Gasteiger partial charge < -0.3 is 9.64 Å². The van der Waals surface area contributed by atoms with Gasteiger partial charge in [0.1, 0.15) is 5.82 Å². The number of benzene rings is 4. The number of ether oxygens (including phenoxy) is 1. The minimum atomic E-state index is 0.662. The maximum absolute atomic E-state index is 6.59. The Hall–Kier alpha value is -3.77. The number of rotatable bonds is 4. The van der Waals surface area contributed by atoms with Crippen LogP contribution in [0.25, 0.3) is 55.3 Å². The molecule has 4 aromatic carbocycles. The molecule has 4 nitrogen and oxygen atoms in total. The molecule has 0 radical (unpaired) electrons. The summed E-state index contributed by atoms with van der Waals surface area (Å²) in [7, 11) is 0. The molecule has 40 heavy (non-hydrogen) atoms. The Morgan fingerprint density at radius 3 is 2.10 bits per heavy atom. The van der Waals surface area contributed by atoms with Crippen LogP contribution in [0.15, 0.2) is 108 Å². The molecule has 1 saturated heterocycles. The molecule has 1 aliphatic rings. The fourth-order valence-corrected chi connectivity index (χ4v) is 6.09. The van der Waals surface area contributed by atoms with E-state index in [1.807, 2.05) is 36.4 Å². The highest BCUT2D eigenvalue weighted by Gasteiger charge is 2.25.